The summed E-state index contributed by atoms with van der Waals surface area (Å²) in [7, 11) is -2.69. The third-order valence-corrected chi connectivity index (χ3v) is 9.70. The summed E-state index contributed by atoms with van der Waals surface area (Å²) in [6.07, 6.45) is 1.25. The molecule has 0 heterocycles. The molecule has 1 unspecified atom stereocenters. The van der Waals surface area contributed by atoms with Crippen LogP contribution in [0.3, 0.4) is 0 Å². The molecule has 0 aromatic carbocycles. The van der Waals surface area contributed by atoms with Crippen molar-refractivity contribution in [2.75, 3.05) is 0 Å². The van der Waals surface area contributed by atoms with E-state index in [-0.39, 0.29) is 0 Å². The molecule has 0 aromatic rings. The molecular formula is C9H24OSi2. The highest BCUT2D eigenvalue weighted by Crippen LogP contribution is 2.28. The normalized spacial score (nSPS) is 16.2. The second-order valence-electron chi connectivity index (χ2n) is 5.13. The van der Waals surface area contributed by atoms with Gasteiger partial charge in [-0.15, -0.1) is 0 Å². The third-order valence-electron chi connectivity index (χ3n) is 2.37. The smallest absolute Gasteiger partial charge is 0.176 e. The first-order chi connectivity index (χ1) is 5.19. The van der Waals surface area contributed by atoms with Crippen molar-refractivity contribution in [2.45, 2.75) is 58.5 Å². The molecule has 0 spiro atoms. The van der Waals surface area contributed by atoms with Crippen LogP contribution in [0.2, 0.25) is 38.3 Å². The van der Waals surface area contributed by atoms with Crippen LogP contribution in [0.1, 0.15) is 20.3 Å². The lowest BCUT2D eigenvalue weighted by molar-refractivity contribution is 0.523. The topological polar surface area (TPSA) is 9.23 Å². The molecule has 0 saturated heterocycles. The fraction of sp³-hybridized carbons (Fsp3) is 1.00. The van der Waals surface area contributed by atoms with E-state index < -0.39 is 16.6 Å². The van der Waals surface area contributed by atoms with Gasteiger partial charge in [0.1, 0.15) is 0 Å². The van der Waals surface area contributed by atoms with E-state index in [2.05, 4.69) is 46.6 Å². The highest BCUT2D eigenvalue weighted by atomic mass is 28.4. The maximum atomic E-state index is 6.26. The van der Waals surface area contributed by atoms with E-state index in [1.165, 1.54) is 6.42 Å². The summed E-state index contributed by atoms with van der Waals surface area (Å²) >= 11 is 0. The fourth-order valence-corrected chi connectivity index (χ4v) is 9.48. The summed E-state index contributed by atoms with van der Waals surface area (Å²) in [5.74, 6) is 0. The summed E-state index contributed by atoms with van der Waals surface area (Å²) in [6, 6.07) is 0. The Morgan fingerprint density at radius 3 is 1.75 bits per heavy atom. The zero-order valence-corrected chi connectivity index (χ0v) is 11.7. The van der Waals surface area contributed by atoms with Crippen LogP contribution in [0, 0.1) is 0 Å². The van der Waals surface area contributed by atoms with Crippen molar-refractivity contribution in [2.24, 2.45) is 0 Å². The molecule has 3 heteroatoms. The van der Waals surface area contributed by atoms with E-state index >= 15 is 0 Å². The van der Waals surface area contributed by atoms with Crippen LogP contribution in [0.4, 0.5) is 0 Å². The van der Waals surface area contributed by atoms with E-state index in [9.17, 15) is 0 Å². The zero-order valence-electron chi connectivity index (χ0n) is 9.69. The van der Waals surface area contributed by atoms with Gasteiger partial charge in [0.2, 0.25) is 0 Å². The SMILES string of the molecule is CCC(C)[Si](C)(C)O[Si](C)(C)C. The van der Waals surface area contributed by atoms with Crippen LogP contribution in [-0.2, 0) is 4.12 Å². The van der Waals surface area contributed by atoms with E-state index in [1.54, 1.807) is 0 Å². The molecular weight excluding hydrogens is 180 g/mol. The van der Waals surface area contributed by atoms with Crippen molar-refractivity contribution in [1.29, 1.82) is 0 Å². The number of hydrogen-bond acceptors (Lipinski definition) is 1. The van der Waals surface area contributed by atoms with Gasteiger partial charge in [-0.2, -0.15) is 0 Å². The molecule has 0 amide bonds. The van der Waals surface area contributed by atoms with Crippen molar-refractivity contribution in [3.63, 3.8) is 0 Å². The minimum Gasteiger partial charge on any atom is -0.456 e. The number of rotatable bonds is 4. The average Bonchev–Trinajstić information content (AvgIpc) is 1.80. The van der Waals surface area contributed by atoms with Crippen LogP contribution in [0.15, 0.2) is 0 Å². The highest BCUT2D eigenvalue weighted by Gasteiger charge is 2.33. The Morgan fingerprint density at radius 2 is 1.50 bits per heavy atom. The Balaban J connectivity index is 4.22. The van der Waals surface area contributed by atoms with Gasteiger partial charge in [0.15, 0.2) is 16.6 Å². The van der Waals surface area contributed by atoms with Crippen LogP contribution in [0.5, 0.6) is 0 Å². The minimum atomic E-state index is -1.38. The Labute approximate surface area is 79.8 Å². The van der Waals surface area contributed by atoms with Crippen molar-refractivity contribution in [1.82, 2.24) is 0 Å². The van der Waals surface area contributed by atoms with Crippen molar-refractivity contribution < 1.29 is 4.12 Å². The van der Waals surface area contributed by atoms with Crippen molar-refractivity contribution in [3.8, 4) is 0 Å². The first-order valence-corrected chi connectivity index (χ1v) is 11.3. The fourth-order valence-electron chi connectivity index (χ4n) is 1.38. The maximum absolute atomic E-state index is 6.26. The first kappa shape index (κ1) is 12.4. The van der Waals surface area contributed by atoms with Gasteiger partial charge in [-0.25, -0.2) is 0 Å². The Bertz CT molecular complexity index is 138. The summed E-state index contributed by atoms with van der Waals surface area (Å²) in [5, 5.41) is 0. The summed E-state index contributed by atoms with van der Waals surface area (Å²) < 4.78 is 6.26. The van der Waals surface area contributed by atoms with Gasteiger partial charge in [-0.05, 0) is 38.3 Å². The van der Waals surface area contributed by atoms with Crippen molar-refractivity contribution in [3.05, 3.63) is 0 Å². The van der Waals surface area contributed by atoms with E-state index in [0.717, 1.165) is 5.54 Å². The monoisotopic (exact) mass is 204 g/mol. The molecule has 0 bridgehead atoms. The number of hydrogen-bond donors (Lipinski definition) is 0. The lowest BCUT2D eigenvalue weighted by Crippen LogP contribution is -2.44. The summed E-state index contributed by atoms with van der Waals surface area (Å²) in [6.45, 7) is 16.1. The molecule has 0 radical (unpaired) electrons. The van der Waals surface area contributed by atoms with Gasteiger partial charge in [-0.1, -0.05) is 20.3 Å². The molecule has 0 N–H and O–H groups in total. The maximum Gasteiger partial charge on any atom is 0.176 e. The molecule has 12 heavy (non-hydrogen) atoms. The van der Waals surface area contributed by atoms with Gasteiger partial charge < -0.3 is 4.12 Å². The molecule has 74 valence electrons. The van der Waals surface area contributed by atoms with E-state index in [0.29, 0.717) is 0 Å². The van der Waals surface area contributed by atoms with Crippen LogP contribution in [0.25, 0.3) is 0 Å². The Kier molecular flexibility index (Phi) is 4.20. The van der Waals surface area contributed by atoms with E-state index in [1.807, 2.05) is 0 Å². The molecule has 1 atom stereocenters. The Morgan fingerprint density at radius 1 is 1.08 bits per heavy atom. The van der Waals surface area contributed by atoms with Gasteiger partial charge >= 0.3 is 0 Å². The van der Waals surface area contributed by atoms with Gasteiger partial charge in [0.05, 0.1) is 0 Å². The van der Waals surface area contributed by atoms with Crippen LogP contribution < -0.4 is 0 Å². The lowest BCUT2D eigenvalue weighted by Gasteiger charge is -2.35. The third kappa shape index (κ3) is 4.43. The predicted octanol–water partition coefficient (Wildman–Crippen LogP) is 3.84. The summed E-state index contributed by atoms with van der Waals surface area (Å²) in [5.41, 5.74) is 0.782. The minimum absolute atomic E-state index is 0.782. The molecule has 1 nitrogen and oxygen atoms in total. The highest BCUT2D eigenvalue weighted by molar-refractivity contribution is 6.84. The molecule has 0 aliphatic rings. The second kappa shape index (κ2) is 4.07. The second-order valence-corrected chi connectivity index (χ2v) is 14.4. The zero-order chi connectivity index (χ0) is 9.99. The summed E-state index contributed by atoms with van der Waals surface area (Å²) in [4.78, 5) is 0. The lowest BCUT2D eigenvalue weighted by atomic mass is 10.4. The standard InChI is InChI=1S/C9H24OSi2/c1-8-9(2)12(6,7)10-11(3,4)5/h9H,8H2,1-7H3. The van der Waals surface area contributed by atoms with Gasteiger partial charge in [0, 0.05) is 0 Å². The van der Waals surface area contributed by atoms with Gasteiger partial charge in [0.25, 0.3) is 0 Å². The average molecular weight is 204 g/mol. The molecule has 0 aliphatic carbocycles. The molecule has 0 aliphatic heterocycles. The largest absolute Gasteiger partial charge is 0.456 e. The van der Waals surface area contributed by atoms with Crippen molar-refractivity contribution >= 4 is 16.6 Å². The molecule has 0 aromatic heterocycles. The predicted molar refractivity (Wildman–Crippen MR) is 61.6 cm³/mol. The van der Waals surface area contributed by atoms with Crippen LogP contribution >= 0.6 is 0 Å². The first-order valence-electron chi connectivity index (χ1n) is 4.89. The molecule has 0 saturated carbocycles. The quantitative estimate of drug-likeness (QED) is 0.632. The van der Waals surface area contributed by atoms with E-state index in [4.69, 9.17) is 4.12 Å². The van der Waals surface area contributed by atoms with Gasteiger partial charge in [-0.3, -0.25) is 0 Å². The van der Waals surface area contributed by atoms with Crippen LogP contribution in [-0.4, -0.2) is 16.6 Å². The Hall–Kier alpha value is 0.394. The molecule has 0 rings (SSSR count). The molecule has 0 fully saturated rings.